The molecule has 3 heterocycles. The van der Waals surface area contributed by atoms with E-state index in [1.54, 1.807) is 26.1 Å². The predicted octanol–water partition coefficient (Wildman–Crippen LogP) is 4.24. The minimum Gasteiger partial charge on any atom is -0.482 e. The Bertz CT molecular complexity index is 1290. The van der Waals surface area contributed by atoms with Gasteiger partial charge in [-0.05, 0) is 53.2 Å². The minimum atomic E-state index is -1.26. The van der Waals surface area contributed by atoms with Gasteiger partial charge in [-0.25, -0.2) is 13.8 Å². The van der Waals surface area contributed by atoms with Crippen LogP contribution in [0.4, 0.5) is 14.6 Å². The van der Waals surface area contributed by atoms with E-state index in [2.05, 4.69) is 26.0 Å². The number of hydrogen-bond acceptors (Lipinski definition) is 6. The third-order valence-corrected chi connectivity index (χ3v) is 6.13. The van der Waals surface area contributed by atoms with Crippen LogP contribution in [-0.4, -0.2) is 38.3 Å². The van der Waals surface area contributed by atoms with Gasteiger partial charge in [-0.3, -0.25) is 9.48 Å². The van der Waals surface area contributed by atoms with E-state index in [9.17, 15) is 18.8 Å². The van der Waals surface area contributed by atoms with E-state index in [-0.39, 0.29) is 35.7 Å². The second-order valence-electron chi connectivity index (χ2n) is 8.02. The number of alkyl halides is 1. The molecule has 0 bridgehead atoms. The number of hydrogen-bond donors (Lipinski definition) is 1. The van der Waals surface area contributed by atoms with Crippen molar-refractivity contribution < 1.29 is 18.3 Å². The second-order valence-corrected chi connectivity index (χ2v) is 8.94. The van der Waals surface area contributed by atoms with Crippen LogP contribution < -0.4 is 10.5 Å². The lowest BCUT2D eigenvalue weighted by molar-refractivity contribution is 0.0720. The molecule has 8 nitrogen and oxygen atoms in total. The van der Waals surface area contributed by atoms with Crippen molar-refractivity contribution >= 4 is 27.7 Å². The summed E-state index contributed by atoms with van der Waals surface area (Å²) in [6, 6.07) is 8.27. The van der Waals surface area contributed by atoms with Crippen LogP contribution >= 0.6 is 15.9 Å². The molecule has 1 aliphatic rings. The lowest BCUT2D eigenvalue weighted by Gasteiger charge is -2.26. The molecule has 1 fully saturated rings. The van der Waals surface area contributed by atoms with E-state index in [1.807, 2.05) is 6.07 Å². The fourth-order valence-electron chi connectivity index (χ4n) is 4.05. The first kappa shape index (κ1) is 23.6. The standard InChI is InChI=1S/C23H21BrF2N6O2/c1-12(34-21-5-13(24)10-29-22(21)28)18-6-14(25)3-4-17(18)23(33)32-11-15(26)7-20(32)19-8-16(9-27)31(2)30-19/h3-6,8,10,12,15,20H,7,11H2,1-2H3,(H2,28,29)/t12?,15-,20-/m0/s1. The van der Waals surface area contributed by atoms with Gasteiger partial charge >= 0.3 is 0 Å². The fourth-order valence-corrected chi connectivity index (χ4v) is 4.36. The number of amides is 1. The molecule has 4 rings (SSSR count). The van der Waals surface area contributed by atoms with Crippen molar-refractivity contribution in [1.29, 1.82) is 5.26 Å². The largest absolute Gasteiger partial charge is 0.482 e. The van der Waals surface area contributed by atoms with Crippen molar-refractivity contribution in [2.75, 3.05) is 12.3 Å². The topological polar surface area (TPSA) is 110 Å². The number of rotatable bonds is 5. The van der Waals surface area contributed by atoms with Crippen molar-refractivity contribution in [3.63, 3.8) is 0 Å². The first-order valence-corrected chi connectivity index (χ1v) is 11.2. The molecular formula is C23H21BrF2N6O2. The van der Waals surface area contributed by atoms with Crippen molar-refractivity contribution in [3.05, 3.63) is 69.3 Å². The number of benzene rings is 1. The molecule has 0 radical (unpaired) electrons. The lowest BCUT2D eigenvalue weighted by atomic mass is 10.0. The molecular weight excluding hydrogens is 510 g/mol. The molecule has 2 N–H and O–H groups in total. The number of likely N-dealkylation sites (tertiary alicyclic amines) is 1. The molecule has 1 amide bonds. The van der Waals surface area contributed by atoms with Gasteiger partial charge < -0.3 is 15.4 Å². The van der Waals surface area contributed by atoms with Gasteiger partial charge in [-0.15, -0.1) is 0 Å². The summed E-state index contributed by atoms with van der Waals surface area (Å²) >= 11 is 3.30. The Kier molecular flexibility index (Phi) is 6.52. The van der Waals surface area contributed by atoms with Crippen LogP contribution in [0.25, 0.3) is 0 Å². The molecule has 0 saturated carbocycles. The van der Waals surface area contributed by atoms with Gasteiger partial charge in [0, 0.05) is 35.3 Å². The zero-order valence-electron chi connectivity index (χ0n) is 18.4. The maximum absolute atomic E-state index is 14.5. The number of halogens is 3. The molecule has 3 atom stereocenters. The Morgan fingerprint density at radius 1 is 1.38 bits per heavy atom. The Morgan fingerprint density at radius 3 is 2.85 bits per heavy atom. The van der Waals surface area contributed by atoms with E-state index in [0.717, 1.165) is 0 Å². The van der Waals surface area contributed by atoms with E-state index >= 15 is 0 Å². The van der Waals surface area contributed by atoms with Crippen LogP contribution in [0.2, 0.25) is 0 Å². The molecule has 2 aromatic heterocycles. The molecule has 11 heteroatoms. The zero-order valence-corrected chi connectivity index (χ0v) is 20.0. The number of aromatic nitrogens is 3. The summed E-state index contributed by atoms with van der Waals surface area (Å²) in [6.07, 6.45) is -0.460. The molecule has 0 spiro atoms. The van der Waals surface area contributed by atoms with E-state index in [1.165, 1.54) is 34.0 Å². The van der Waals surface area contributed by atoms with Crippen molar-refractivity contribution in [1.82, 2.24) is 19.7 Å². The highest BCUT2D eigenvalue weighted by Crippen LogP contribution is 2.36. The summed E-state index contributed by atoms with van der Waals surface area (Å²) in [5.74, 6) is -0.625. The van der Waals surface area contributed by atoms with Gasteiger partial charge in [0.15, 0.2) is 11.6 Å². The van der Waals surface area contributed by atoms with Crippen LogP contribution in [-0.2, 0) is 7.05 Å². The highest BCUT2D eigenvalue weighted by atomic mass is 79.9. The lowest BCUT2D eigenvalue weighted by Crippen LogP contribution is -2.32. The van der Waals surface area contributed by atoms with Gasteiger partial charge in [0.2, 0.25) is 0 Å². The number of pyridine rings is 1. The van der Waals surface area contributed by atoms with Gasteiger partial charge in [0.1, 0.15) is 29.9 Å². The van der Waals surface area contributed by atoms with Gasteiger partial charge in [0.25, 0.3) is 5.91 Å². The minimum absolute atomic E-state index is 0.0520. The van der Waals surface area contributed by atoms with E-state index in [0.29, 0.717) is 15.9 Å². The molecule has 3 aromatic rings. The van der Waals surface area contributed by atoms with E-state index < -0.39 is 30.0 Å². The number of nitrogens with zero attached hydrogens (tertiary/aromatic N) is 5. The maximum atomic E-state index is 14.5. The van der Waals surface area contributed by atoms with Crippen LogP contribution in [0.3, 0.4) is 0 Å². The normalized spacial score (nSPS) is 18.5. The third-order valence-electron chi connectivity index (χ3n) is 5.70. The average Bonchev–Trinajstić information content (AvgIpc) is 3.37. The van der Waals surface area contributed by atoms with Crippen molar-refractivity contribution in [2.24, 2.45) is 7.05 Å². The highest BCUT2D eigenvalue weighted by molar-refractivity contribution is 9.10. The molecule has 1 unspecified atom stereocenters. The molecule has 176 valence electrons. The van der Waals surface area contributed by atoms with Gasteiger partial charge in [-0.2, -0.15) is 10.4 Å². The average molecular weight is 531 g/mol. The SMILES string of the molecule is CC(Oc1cc(Br)cnc1N)c1cc(F)ccc1C(=O)N1C[C@@H](F)C[C@H]1c1cc(C#N)n(C)n1. The first-order valence-electron chi connectivity index (χ1n) is 10.4. The van der Waals surface area contributed by atoms with E-state index in [4.69, 9.17) is 10.5 Å². The number of carbonyl (C=O) groups is 1. The molecule has 34 heavy (non-hydrogen) atoms. The summed E-state index contributed by atoms with van der Waals surface area (Å²) in [5, 5.41) is 13.5. The summed E-state index contributed by atoms with van der Waals surface area (Å²) in [4.78, 5) is 19.0. The number of anilines is 1. The highest BCUT2D eigenvalue weighted by Gasteiger charge is 2.39. The fraction of sp³-hybridized carbons (Fsp3) is 0.304. The summed E-state index contributed by atoms with van der Waals surface area (Å²) in [6.45, 7) is 1.51. The van der Waals surface area contributed by atoms with Crippen LogP contribution in [0.5, 0.6) is 5.75 Å². The number of ether oxygens (including phenoxy) is 1. The first-order chi connectivity index (χ1) is 16.2. The van der Waals surface area contributed by atoms with Crippen molar-refractivity contribution in [3.8, 4) is 11.8 Å². The van der Waals surface area contributed by atoms with Gasteiger partial charge in [0.05, 0.1) is 18.3 Å². The van der Waals surface area contributed by atoms with Crippen LogP contribution in [0.15, 0.2) is 41.0 Å². The Balaban J connectivity index is 1.67. The number of nitrogen functional groups attached to an aromatic ring is 1. The Hall–Kier alpha value is -3.52. The quantitative estimate of drug-likeness (QED) is 0.528. The molecule has 0 aliphatic carbocycles. The number of carbonyl (C=O) groups excluding carboxylic acids is 1. The summed E-state index contributed by atoms with van der Waals surface area (Å²) in [7, 11) is 1.61. The predicted molar refractivity (Wildman–Crippen MR) is 123 cm³/mol. The third kappa shape index (κ3) is 4.59. The van der Waals surface area contributed by atoms with Crippen LogP contribution in [0, 0.1) is 17.1 Å². The monoisotopic (exact) mass is 530 g/mol. The molecule has 1 aromatic carbocycles. The van der Waals surface area contributed by atoms with Crippen molar-refractivity contribution in [2.45, 2.75) is 31.7 Å². The number of nitriles is 1. The summed E-state index contributed by atoms with van der Waals surface area (Å²) in [5.41, 5.74) is 7.07. The Morgan fingerprint density at radius 2 is 2.15 bits per heavy atom. The molecule has 1 saturated heterocycles. The molecule has 1 aliphatic heterocycles. The Labute approximate surface area is 203 Å². The number of aryl methyl sites for hydroxylation is 1. The van der Waals surface area contributed by atoms with Crippen LogP contribution in [0.1, 0.15) is 52.8 Å². The second kappa shape index (κ2) is 9.38. The maximum Gasteiger partial charge on any atom is 0.254 e. The van der Waals surface area contributed by atoms with Gasteiger partial charge in [-0.1, -0.05) is 0 Å². The summed E-state index contributed by atoms with van der Waals surface area (Å²) < 4.78 is 36.6. The zero-order chi connectivity index (χ0) is 24.6. The smallest absolute Gasteiger partial charge is 0.254 e. The number of nitrogens with two attached hydrogens (primary N) is 1.